The lowest BCUT2D eigenvalue weighted by Crippen LogP contribution is -1.93. The predicted octanol–water partition coefficient (Wildman–Crippen LogP) is 4.56. The van der Waals surface area contributed by atoms with Gasteiger partial charge in [-0.1, -0.05) is 35.5 Å². The molecule has 0 aliphatic rings. The zero-order chi connectivity index (χ0) is 13.1. The van der Waals surface area contributed by atoms with Crippen molar-refractivity contribution in [2.45, 2.75) is 9.92 Å². The van der Waals surface area contributed by atoms with Crippen LogP contribution in [0.5, 0.6) is 0 Å². The highest BCUT2D eigenvalue weighted by Gasteiger charge is 2.17. The van der Waals surface area contributed by atoms with E-state index in [4.69, 9.17) is 11.6 Å². The zero-order valence-corrected chi connectivity index (χ0v) is 12.0. The number of halogens is 2. The first-order valence-electron chi connectivity index (χ1n) is 4.80. The van der Waals surface area contributed by atoms with Gasteiger partial charge in [-0.2, -0.15) is 0 Å². The first kappa shape index (κ1) is 13.3. The third-order valence-electron chi connectivity index (χ3n) is 2.04. The summed E-state index contributed by atoms with van der Waals surface area (Å²) < 4.78 is 0.567. The highest BCUT2D eigenvalue weighted by Crippen LogP contribution is 2.37. The summed E-state index contributed by atoms with van der Waals surface area (Å²) in [6.45, 7) is 0. The van der Waals surface area contributed by atoms with Gasteiger partial charge in [0.25, 0.3) is 0 Å². The quantitative estimate of drug-likeness (QED) is 0.604. The van der Waals surface area contributed by atoms with E-state index in [1.807, 2.05) is 6.07 Å². The Bertz CT molecular complexity index is 609. The Kier molecular flexibility index (Phi) is 4.21. The Morgan fingerprint density at radius 3 is 2.78 bits per heavy atom. The van der Waals surface area contributed by atoms with E-state index in [-0.39, 0.29) is 5.69 Å². The van der Waals surface area contributed by atoms with Crippen molar-refractivity contribution >= 4 is 45.0 Å². The molecule has 0 N–H and O–H groups in total. The van der Waals surface area contributed by atoms with Crippen LogP contribution >= 0.6 is 39.3 Å². The lowest BCUT2D eigenvalue weighted by molar-refractivity contribution is -0.388. The van der Waals surface area contributed by atoms with Crippen molar-refractivity contribution in [3.63, 3.8) is 0 Å². The lowest BCUT2D eigenvalue weighted by Gasteiger charge is -2.04. The first-order chi connectivity index (χ1) is 8.58. The van der Waals surface area contributed by atoms with Crippen molar-refractivity contribution in [1.82, 2.24) is 4.98 Å². The summed E-state index contributed by atoms with van der Waals surface area (Å²) in [4.78, 5) is 15.3. The summed E-state index contributed by atoms with van der Waals surface area (Å²) in [7, 11) is 0. The molecule has 7 heteroatoms. The number of aromatic nitrogens is 1. The molecule has 0 saturated heterocycles. The summed E-state index contributed by atoms with van der Waals surface area (Å²) in [5.41, 5.74) is -0.0469. The largest absolute Gasteiger partial charge is 0.302 e. The SMILES string of the molecule is O=[N+]([O-])c1cc(Br)cnc1Sc1ccccc1Cl. The molecule has 0 atom stereocenters. The lowest BCUT2D eigenvalue weighted by atomic mass is 10.4. The summed E-state index contributed by atoms with van der Waals surface area (Å²) in [5, 5.41) is 11.8. The summed E-state index contributed by atoms with van der Waals surface area (Å²) >= 11 is 10.3. The standard InChI is InChI=1S/C11H6BrClN2O2S/c12-7-5-9(15(16)17)11(14-6-7)18-10-4-2-1-3-8(10)13/h1-6H. The molecule has 4 nitrogen and oxygen atoms in total. The van der Waals surface area contributed by atoms with E-state index in [0.717, 1.165) is 4.90 Å². The van der Waals surface area contributed by atoms with Crippen LogP contribution in [0.4, 0.5) is 5.69 Å². The molecule has 2 aromatic rings. The van der Waals surface area contributed by atoms with Crippen molar-refractivity contribution < 1.29 is 4.92 Å². The van der Waals surface area contributed by atoms with E-state index in [9.17, 15) is 10.1 Å². The predicted molar refractivity (Wildman–Crippen MR) is 74.2 cm³/mol. The minimum Gasteiger partial charge on any atom is -0.258 e. The summed E-state index contributed by atoms with van der Waals surface area (Å²) in [5.74, 6) is 0. The molecule has 1 heterocycles. The van der Waals surface area contributed by atoms with Gasteiger partial charge in [0.1, 0.15) is 0 Å². The molecule has 0 radical (unpaired) electrons. The van der Waals surface area contributed by atoms with Gasteiger partial charge in [0.05, 0.1) is 9.95 Å². The molecule has 18 heavy (non-hydrogen) atoms. The van der Waals surface area contributed by atoms with Crippen LogP contribution in [-0.2, 0) is 0 Å². The van der Waals surface area contributed by atoms with Crippen LogP contribution in [0.15, 0.2) is 50.9 Å². The van der Waals surface area contributed by atoms with Crippen LogP contribution in [0.3, 0.4) is 0 Å². The minimum absolute atomic E-state index is 0.0469. The van der Waals surface area contributed by atoms with Gasteiger partial charge in [0, 0.05) is 21.6 Å². The zero-order valence-electron chi connectivity index (χ0n) is 8.84. The van der Waals surface area contributed by atoms with Crippen LogP contribution < -0.4 is 0 Å². The number of nitrogens with zero attached hydrogens (tertiary/aromatic N) is 2. The van der Waals surface area contributed by atoms with Gasteiger partial charge in [-0.3, -0.25) is 10.1 Å². The van der Waals surface area contributed by atoms with Crippen molar-refractivity contribution in [1.29, 1.82) is 0 Å². The molecule has 0 spiro atoms. The van der Waals surface area contributed by atoms with Crippen molar-refractivity contribution in [3.05, 3.63) is 56.1 Å². The average molecular weight is 346 g/mol. The number of rotatable bonds is 3. The van der Waals surface area contributed by atoms with Crippen LogP contribution in [0.2, 0.25) is 5.02 Å². The smallest absolute Gasteiger partial charge is 0.258 e. The monoisotopic (exact) mass is 344 g/mol. The number of pyridine rings is 1. The third-order valence-corrected chi connectivity index (χ3v) is 4.00. The molecule has 0 unspecified atom stereocenters. The van der Waals surface area contributed by atoms with Crippen LogP contribution in [0.1, 0.15) is 0 Å². The van der Waals surface area contributed by atoms with Crippen LogP contribution in [0.25, 0.3) is 0 Å². The van der Waals surface area contributed by atoms with Crippen molar-refractivity contribution in [3.8, 4) is 0 Å². The van der Waals surface area contributed by atoms with E-state index in [1.165, 1.54) is 24.0 Å². The Morgan fingerprint density at radius 1 is 1.39 bits per heavy atom. The molecule has 0 aliphatic heterocycles. The third kappa shape index (κ3) is 3.01. The number of hydrogen-bond donors (Lipinski definition) is 0. The molecule has 2 rings (SSSR count). The number of nitro groups is 1. The molecule has 0 saturated carbocycles. The highest BCUT2D eigenvalue weighted by molar-refractivity contribution is 9.10. The van der Waals surface area contributed by atoms with Gasteiger partial charge in [-0.25, -0.2) is 4.98 Å². The molecular formula is C11H6BrClN2O2S. The van der Waals surface area contributed by atoms with E-state index in [2.05, 4.69) is 20.9 Å². The fraction of sp³-hybridized carbons (Fsp3) is 0. The second kappa shape index (κ2) is 5.69. The Hall–Kier alpha value is -1.11. The maximum absolute atomic E-state index is 10.9. The Labute approximate surface area is 121 Å². The maximum atomic E-state index is 10.9. The average Bonchev–Trinajstić information content (AvgIpc) is 2.34. The molecule has 0 bridgehead atoms. The van der Waals surface area contributed by atoms with Crippen molar-refractivity contribution in [2.24, 2.45) is 0 Å². The number of hydrogen-bond acceptors (Lipinski definition) is 4. The van der Waals surface area contributed by atoms with Gasteiger partial charge >= 0.3 is 5.69 Å². The fourth-order valence-corrected chi connectivity index (χ4v) is 2.69. The first-order valence-corrected chi connectivity index (χ1v) is 6.79. The normalized spacial score (nSPS) is 10.3. The molecule has 0 aliphatic carbocycles. The number of benzene rings is 1. The highest BCUT2D eigenvalue weighted by atomic mass is 79.9. The maximum Gasteiger partial charge on any atom is 0.302 e. The van der Waals surface area contributed by atoms with Gasteiger partial charge in [-0.05, 0) is 28.1 Å². The van der Waals surface area contributed by atoms with E-state index >= 15 is 0 Å². The van der Waals surface area contributed by atoms with Gasteiger partial charge < -0.3 is 0 Å². The van der Waals surface area contributed by atoms with Gasteiger partial charge in [0.15, 0.2) is 5.03 Å². The molecular weight excluding hydrogens is 340 g/mol. The summed E-state index contributed by atoms with van der Waals surface area (Å²) in [6, 6.07) is 8.57. The molecule has 0 amide bonds. The van der Waals surface area contributed by atoms with Gasteiger partial charge in [-0.15, -0.1) is 0 Å². The second-order valence-corrected chi connectivity index (χ2v) is 5.62. The van der Waals surface area contributed by atoms with E-state index < -0.39 is 4.92 Å². The molecule has 1 aromatic carbocycles. The van der Waals surface area contributed by atoms with E-state index in [0.29, 0.717) is 14.5 Å². The Balaban J connectivity index is 2.41. The van der Waals surface area contributed by atoms with Gasteiger partial charge in [0.2, 0.25) is 0 Å². The Morgan fingerprint density at radius 2 is 2.11 bits per heavy atom. The topological polar surface area (TPSA) is 56.0 Å². The van der Waals surface area contributed by atoms with Crippen molar-refractivity contribution in [2.75, 3.05) is 0 Å². The second-order valence-electron chi connectivity index (χ2n) is 3.27. The van der Waals surface area contributed by atoms with Crippen LogP contribution in [0, 0.1) is 10.1 Å². The minimum atomic E-state index is -0.461. The molecule has 92 valence electrons. The molecule has 0 fully saturated rings. The van der Waals surface area contributed by atoms with E-state index in [1.54, 1.807) is 18.2 Å². The fourth-order valence-electron chi connectivity index (χ4n) is 1.26. The summed E-state index contributed by atoms with van der Waals surface area (Å²) in [6.07, 6.45) is 1.52. The van der Waals surface area contributed by atoms with Crippen LogP contribution in [-0.4, -0.2) is 9.91 Å². The molecule has 1 aromatic heterocycles.